The van der Waals surface area contributed by atoms with Crippen molar-refractivity contribution in [2.24, 2.45) is 0 Å². The van der Waals surface area contributed by atoms with E-state index in [9.17, 15) is 15.0 Å². The summed E-state index contributed by atoms with van der Waals surface area (Å²) in [6, 6.07) is 4.58. The molecule has 0 radical (unpaired) electrons. The van der Waals surface area contributed by atoms with Crippen LogP contribution in [0.2, 0.25) is 5.02 Å². The molecule has 1 aromatic carbocycles. The van der Waals surface area contributed by atoms with Crippen LogP contribution < -0.4 is 0 Å². The highest BCUT2D eigenvalue weighted by molar-refractivity contribution is 7.80. The fraction of sp³-hybridized carbons (Fsp3) is 0.417. The molecule has 0 aliphatic heterocycles. The van der Waals surface area contributed by atoms with Gasteiger partial charge in [-0.3, -0.25) is 4.79 Å². The molecule has 0 saturated heterocycles. The Labute approximate surface area is 116 Å². The summed E-state index contributed by atoms with van der Waals surface area (Å²) < 4.78 is 0. The van der Waals surface area contributed by atoms with Gasteiger partial charge in [0.25, 0.3) is 0 Å². The SMILES string of the molecule is O=C(O)Cc1cc(Cl)ccc1C(O)C(O)CCS. The van der Waals surface area contributed by atoms with Crippen molar-refractivity contribution >= 4 is 30.2 Å². The maximum absolute atomic E-state index is 10.8. The van der Waals surface area contributed by atoms with Crippen LogP contribution in [0.15, 0.2) is 18.2 Å². The molecule has 1 rings (SSSR count). The largest absolute Gasteiger partial charge is 0.481 e. The minimum absolute atomic E-state index is 0.249. The van der Waals surface area contributed by atoms with Gasteiger partial charge in [0.2, 0.25) is 0 Å². The fourth-order valence-corrected chi connectivity index (χ4v) is 2.14. The summed E-state index contributed by atoms with van der Waals surface area (Å²) in [7, 11) is 0. The molecule has 0 fully saturated rings. The Morgan fingerprint density at radius 2 is 2.06 bits per heavy atom. The number of thiol groups is 1. The molecule has 0 aliphatic carbocycles. The lowest BCUT2D eigenvalue weighted by Crippen LogP contribution is -2.20. The van der Waals surface area contributed by atoms with Gasteiger partial charge in [0.1, 0.15) is 6.10 Å². The van der Waals surface area contributed by atoms with E-state index in [1.165, 1.54) is 12.1 Å². The zero-order valence-corrected chi connectivity index (χ0v) is 11.2. The summed E-state index contributed by atoms with van der Waals surface area (Å²) in [5, 5.41) is 28.9. The molecule has 0 aliphatic rings. The van der Waals surface area contributed by atoms with Gasteiger partial charge in [-0.1, -0.05) is 17.7 Å². The molecule has 0 amide bonds. The van der Waals surface area contributed by atoms with Crippen LogP contribution in [-0.2, 0) is 11.2 Å². The molecule has 6 heteroatoms. The highest BCUT2D eigenvalue weighted by atomic mass is 35.5. The summed E-state index contributed by atoms with van der Waals surface area (Å²) in [4.78, 5) is 10.8. The summed E-state index contributed by atoms with van der Waals surface area (Å²) >= 11 is 9.77. The van der Waals surface area contributed by atoms with Gasteiger partial charge in [-0.15, -0.1) is 0 Å². The lowest BCUT2D eigenvalue weighted by Gasteiger charge is -2.20. The van der Waals surface area contributed by atoms with Crippen LogP contribution in [0.1, 0.15) is 23.7 Å². The Morgan fingerprint density at radius 3 is 2.61 bits per heavy atom. The van der Waals surface area contributed by atoms with Gasteiger partial charge in [0.05, 0.1) is 12.5 Å². The van der Waals surface area contributed by atoms with E-state index in [4.69, 9.17) is 16.7 Å². The minimum atomic E-state index is -1.14. The number of carbonyl (C=O) groups is 1. The van der Waals surface area contributed by atoms with Crippen LogP contribution in [0.4, 0.5) is 0 Å². The molecule has 0 saturated carbocycles. The van der Waals surface area contributed by atoms with Crippen molar-refractivity contribution in [1.82, 2.24) is 0 Å². The first-order valence-corrected chi connectivity index (χ1v) is 6.44. The maximum atomic E-state index is 10.8. The van der Waals surface area contributed by atoms with E-state index in [-0.39, 0.29) is 6.42 Å². The van der Waals surface area contributed by atoms with E-state index in [0.29, 0.717) is 28.3 Å². The molecular weight excluding hydrogens is 276 g/mol. The lowest BCUT2D eigenvalue weighted by molar-refractivity contribution is -0.136. The zero-order valence-electron chi connectivity index (χ0n) is 9.58. The molecule has 2 atom stereocenters. The van der Waals surface area contributed by atoms with Crippen molar-refractivity contribution in [1.29, 1.82) is 0 Å². The van der Waals surface area contributed by atoms with Crippen LogP contribution >= 0.6 is 24.2 Å². The number of carboxylic acid groups (broad SMARTS) is 1. The van der Waals surface area contributed by atoms with Gasteiger partial charge in [-0.05, 0) is 35.4 Å². The number of halogens is 1. The van der Waals surface area contributed by atoms with Crippen molar-refractivity contribution in [3.05, 3.63) is 34.3 Å². The molecule has 0 bridgehead atoms. The number of hydrogen-bond acceptors (Lipinski definition) is 4. The van der Waals surface area contributed by atoms with E-state index in [0.717, 1.165) is 0 Å². The van der Waals surface area contributed by atoms with E-state index in [1.54, 1.807) is 6.07 Å². The number of benzene rings is 1. The predicted molar refractivity (Wildman–Crippen MR) is 72.2 cm³/mol. The van der Waals surface area contributed by atoms with Crippen molar-refractivity contribution in [3.63, 3.8) is 0 Å². The van der Waals surface area contributed by atoms with E-state index in [2.05, 4.69) is 12.6 Å². The monoisotopic (exact) mass is 290 g/mol. The first-order chi connectivity index (χ1) is 8.45. The number of aliphatic hydroxyl groups excluding tert-OH is 2. The summed E-state index contributed by atoms with van der Waals surface area (Å²) in [6.45, 7) is 0. The average molecular weight is 291 g/mol. The van der Waals surface area contributed by atoms with Crippen molar-refractivity contribution in [3.8, 4) is 0 Å². The van der Waals surface area contributed by atoms with Gasteiger partial charge in [0, 0.05) is 5.02 Å². The third-order valence-electron chi connectivity index (χ3n) is 2.55. The van der Waals surface area contributed by atoms with Gasteiger partial charge >= 0.3 is 5.97 Å². The molecule has 0 aromatic heterocycles. The Hall–Kier alpha value is -0.750. The molecule has 4 nitrogen and oxygen atoms in total. The molecule has 3 N–H and O–H groups in total. The van der Waals surface area contributed by atoms with Gasteiger partial charge in [0.15, 0.2) is 0 Å². The van der Waals surface area contributed by atoms with Crippen LogP contribution in [0.5, 0.6) is 0 Å². The topological polar surface area (TPSA) is 77.8 Å². The van der Waals surface area contributed by atoms with Gasteiger partial charge in [-0.25, -0.2) is 0 Å². The van der Waals surface area contributed by atoms with Crippen molar-refractivity contribution in [2.45, 2.75) is 25.0 Å². The van der Waals surface area contributed by atoms with Crippen LogP contribution in [0.3, 0.4) is 0 Å². The Balaban J connectivity index is 3.02. The number of aliphatic carboxylic acids is 1. The minimum Gasteiger partial charge on any atom is -0.481 e. The second-order valence-corrected chi connectivity index (χ2v) is 4.82. The molecule has 0 spiro atoms. The van der Waals surface area contributed by atoms with Crippen LogP contribution in [0.25, 0.3) is 0 Å². The second-order valence-electron chi connectivity index (χ2n) is 3.94. The smallest absolute Gasteiger partial charge is 0.307 e. The summed E-state index contributed by atoms with van der Waals surface area (Å²) in [5.74, 6) is -0.588. The second kappa shape index (κ2) is 6.99. The Kier molecular flexibility index (Phi) is 5.95. The number of aliphatic hydroxyl groups is 2. The molecule has 2 unspecified atom stereocenters. The van der Waals surface area contributed by atoms with E-state index in [1.807, 2.05) is 0 Å². The molecule has 18 heavy (non-hydrogen) atoms. The third kappa shape index (κ3) is 4.17. The van der Waals surface area contributed by atoms with Crippen LogP contribution in [0, 0.1) is 0 Å². The maximum Gasteiger partial charge on any atom is 0.307 e. The number of carboxylic acids is 1. The van der Waals surface area contributed by atoms with Gasteiger partial charge < -0.3 is 15.3 Å². The molecule has 100 valence electrons. The Bertz CT molecular complexity index is 425. The standard InChI is InChI=1S/C12H15ClO4S/c13-8-1-2-9(7(5-8)6-11(15)16)12(17)10(14)3-4-18/h1-2,5,10,12,14,17-18H,3-4,6H2,(H,15,16). The first kappa shape index (κ1) is 15.3. The lowest BCUT2D eigenvalue weighted by atomic mass is 9.96. The summed E-state index contributed by atoms with van der Waals surface area (Å²) in [6.07, 6.45) is -2.04. The van der Waals surface area contributed by atoms with Crippen LogP contribution in [-0.4, -0.2) is 33.1 Å². The predicted octanol–water partition coefficient (Wildman–Crippen LogP) is 1.68. The van der Waals surface area contributed by atoms with Gasteiger partial charge in [-0.2, -0.15) is 12.6 Å². The summed E-state index contributed by atoms with van der Waals surface area (Å²) in [5.41, 5.74) is 0.789. The molecule has 0 heterocycles. The number of rotatable bonds is 6. The average Bonchev–Trinajstić information content (AvgIpc) is 2.28. The van der Waals surface area contributed by atoms with Crippen molar-refractivity contribution in [2.75, 3.05) is 5.75 Å². The molecular formula is C12H15ClO4S. The zero-order chi connectivity index (χ0) is 13.7. The van der Waals surface area contributed by atoms with E-state index >= 15 is 0 Å². The van der Waals surface area contributed by atoms with Crippen molar-refractivity contribution < 1.29 is 20.1 Å². The fourth-order valence-electron chi connectivity index (χ4n) is 1.68. The first-order valence-electron chi connectivity index (χ1n) is 5.42. The highest BCUT2D eigenvalue weighted by Crippen LogP contribution is 2.26. The third-order valence-corrected chi connectivity index (χ3v) is 3.05. The quantitative estimate of drug-likeness (QED) is 0.601. The van der Waals surface area contributed by atoms with E-state index < -0.39 is 18.2 Å². The Morgan fingerprint density at radius 1 is 1.39 bits per heavy atom. The highest BCUT2D eigenvalue weighted by Gasteiger charge is 2.21. The normalized spacial score (nSPS) is 14.2. The number of hydrogen-bond donors (Lipinski definition) is 4. The molecule has 1 aromatic rings.